The summed E-state index contributed by atoms with van der Waals surface area (Å²) in [5.74, 6) is -1.12. The van der Waals surface area contributed by atoms with Gasteiger partial charge < -0.3 is 0 Å². The Hall–Kier alpha value is -2.75. The van der Waals surface area contributed by atoms with Gasteiger partial charge in [0, 0.05) is 18.2 Å². The van der Waals surface area contributed by atoms with Gasteiger partial charge in [-0.05, 0) is 43.7 Å². The van der Waals surface area contributed by atoms with E-state index < -0.39 is 21.8 Å². The summed E-state index contributed by atoms with van der Waals surface area (Å²) in [5, 5.41) is 0. The van der Waals surface area contributed by atoms with Crippen molar-refractivity contribution in [3.05, 3.63) is 64.7 Å². The SMILES string of the molecule is CON(C)S(=O)(=O)c1cccc(C(=O)NNC(=O)c2ccc(C)cc2C)c1. The lowest BCUT2D eigenvalue weighted by atomic mass is 10.1. The van der Waals surface area contributed by atoms with Crippen LogP contribution in [0.1, 0.15) is 31.8 Å². The molecule has 2 rings (SSSR count). The average molecular weight is 391 g/mol. The molecule has 8 nitrogen and oxygen atoms in total. The normalized spacial score (nSPS) is 11.3. The van der Waals surface area contributed by atoms with E-state index in [9.17, 15) is 18.0 Å². The van der Waals surface area contributed by atoms with Gasteiger partial charge in [-0.25, -0.2) is 8.42 Å². The first kappa shape index (κ1) is 20.6. The van der Waals surface area contributed by atoms with Crippen LogP contribution in [0.5, 0.6) is 0 Å². The van der Waals surface area contributed by atoms with E-state index in [0.717, 1.165) is 11.1 Å². The van der Waals surface area contributed by atoms with Crippen LogP contribution in [0.2, 0.25) is 0 Å². The average Bonchev–Trinajstić information content (AvgIpc) is 2.65. The molecule has 0 aliphatic carbocycles. The number of rotatable bonds is 5. The molecule has 0 heterocycles. The molecule has 2 N–H and O–H groups in total. The van der Waals surface area contributed by atoms with Crippen molar-refractivity contribution >= 4 is 21.8 Å². The molecule has 9 heteroatoms. The zero-order valence-electron chi connectivity index (χ0n) is 15.4. The number of carbonyl (C=O) groups excluding carboxylic acids is 2. The molecule has 0 bridgehead atoms. The highest BCUT2D eigenvalue weighted by Crippen LogP contribution is 2.16. The van der Waals surface area contributed by atoms with Crippen LogP contribution in [0.25, 0.3) is 0 Å². The van der Waals surface area contributed by atoms with E-state index in [2.05, 4.69) is 10.9 Å². The van der Waals surface area contributed by atoms with Crippen LogP contribution in [-0.2, 0) is 14.9 Å². The van der Waals surface area contributed by atoms with Gasteiger partial charge in [0.25, 0.3) is 21.8 Å². The largest absolute Gasteiger partial charge is 0.288 e. The lowest BCUT2D eigenvalue weighted by Gasteiger charge is -2.15. The number of benzene rings is 2. The predicted octanol–water partition coefficient (Wildman–Crippen LogP) is 1.56. The minimum Gasteiger partial charge on any atom is -0.288 e. The summed E-state index contributed by atoms with van der Waals surface area (Å²) in [6.45, 7) is 3.71. The van der Waals surface area contributed by atoms with Crippen molar-refractivity contribution in [3.63, 3.8) is 0 Å². The first-order valence-electron chi connectivity index (χ1n) is 7.98. The molecule has 0 radical (unpaired) electrons. The zero-order valence-corrected chi connectivity index (χ0v) is 16.3. The molecular weight excluding hydrogens is 370 g/mol. The third-order valence-corrected chi connectivity index (χ3v) is 5.58. The van der Waals surface area contributed by atoms with E-state index in [1.807, 2.05) is 13.0 Å². The van der Waals surface area contributed by atoms with Gasteiger partial charge >= 0.3 is 0 Å². The maximum atomic E-state index is 12.3. The van der Waals surface area contributed by atoms with Crippen molar-refractivity contribution in [3.8, 4) is 0 Å². The molecule has 0 aliphatic rings. The first-order chi connectivity index (χ1) is 12.7. The molecule has 0 unspecified atom stereocenters. The lowest BCUT2D eigenvalue weighted by molar-refractivity contribution is -0.0258. The number of carbonyl (C=O) groups is 2. The number of hydrogen-bond donors (Lipinski definition) is 2. The standard InChI is InChI=1S/C18H21N3O5S/c1-12-8-9-16(13(2)10-12)18(23)20-19-17(22)14-6-5-7-15(11-14)27(24,25)21(3)26-4/h5-11H,1-4H3,(H,19,22)(H,20,23). The number of nitrogens with one attached hydrogen (secondary N) is 2. The fourth-order valence-corrected chi connectivity index (χ4v) is 3.39. The first-order valence-corrected chi connectivity index (χ1v) is 9.42. The van der Waals surface area contributed by atoms with Crippen LogP contribution in [-0.4, -0.2) is 38.9 Å². The second-order valence-corrected chi connectivity index (χ2v) is 7.79. The Morgan fingerprint density at radius 2 is 1.67 bits per heavy atom. The van der Waals surface area contributed by atoms with Gasteiger partial charge in [-0.3, -0.25) is 25.3 Å². The molecular formula is C18H21N3O5S. The molecule has 2 amide bonds. The monoisotopic (exact) mass is 391 g/mol. The Morgan fingerprint density at radius 3 is 2.30 bits per heavy atom. The summed E-state index contributed by atoms with van der Waals surface area (Å²) in [6.07, 6.45) is 0. The van der Waals surface area contributed by atoms with Crippen molar-refractivity contribution in [2.75, 3.05) is 14.2 Å². The minimum atomic E-state index is -3.89. The highest BCUT2D eigenvalue weighted by atomic mass is 32.2. The third-order valence-electron chi connectivity index (χ3n) is 3.91. The van der Waals surface area contributed by atoms with Crippen LogP contribution in [0.15, 0.2) is 47.4 Å². The number of amides is 2. The molecule has 0 saturated carbocycles. The fraction of sp³-hybridized carbons (Fsp3) is 0.222. The van der Waals surface area contributed by atoms with Crippen molar-refractivity contribution in [2.45, 2.75) is 18.7 Å². The topological polar surface area (TPSA) is 105 Å². The van der Waals surface area contributed by atoms with Crippen molar-refractivity contribution in [1.29, 1.82) is 0 Å². The van der Waals surface area contributed by atoms with Crippen LogP contribution < -0.4 is 10.9 Å². The molecule has 144 valence electrons. The maximum Gasteiger partial charge on any atom is 0.269 e. The van der Waals surface area contributed by atoms with Crippen LogP contribution >= 0.6 is 0 Å². The van der Waals surface area contributed by atoms with Gasteiger partial charge in [0.15, 0.2) is 0 Å². The molecule has 2 aromatic carbocycles. The molecule has 0 fully saturated rings. The van der Waals surface area contributed by atoms with E-state index in [1.165, 1.54) is 38.4 Å². The maximum absolute atomic E-state index is 12.3. The number of nitrogens with zero attached hydrogens (tertiary/aromatic N) is 1. The summed E-state index contributed by atoms with van der Waals surface area (Å²) in [5.41, 5.74) is 6.91. The number of sulfonamides is 1. The van der Waals surface area contributed by atoms with Gasteiger partial charge in [-0.15, -0.1) is 0 Å². The number of hydroxylamine groups is 1. The highest BCUT2D eigenvalue weighted by Gasteiger charge is 2.22. The Bertz CT molecular complexity index is 973. The lowest BCUT2D eigenvalue weighted by Crippen LogP contribution is -2.42. The van der Waals surface area contributed by atoms with Gasteiger partial charge in [0.2, 0.25) is 0 Å². The molecule has 0 aromatic heterocycles. The number of hydrogen-bond acceptors (Lipinski definition) is 5. The Balaban J connectivity index is 2.13. The Morgan fingerprint density at radius 1 is 1.00 bits per heavy atom. The van der Waals surface area contributed by atoms with Gasteiger partial charge in [-0.1, -0.05) is 28.2 Å². The second-order valence-electron chi connectivity index (χ2n) is 5.85. The van der Waals surface area contributed by atoms with Crippen LogP contribution in [0.3, 0.4) is 0 Å². The number of aryl methyl sites for hydroxylation is 2. The van der Waals surface area contributed by atoms with Gasteiger partial charge in [0.05, 0.1) is 12.0 Å². The van der Waals surface area contributed by atoms with Crippen molar-refractivity contribution in [2.24, 2.45) is 0 Å². The second kappa shape index (κ2) is 8.30. The quantitative estimate of drug-likeness (QED) is 0.753. The van der Waals surface area contributed by atoms with Gasteiger partial charge in [-0.2, -0.15) is 0 Å². The third kappa shape index (κ3) is 4.70. The molecule has 0 atom stereocenters. The zero-order chi connectivity index (χ0) is 20.2. The Labute approximate surface area is 158 Å². The summed E-state index contributed by atoms with van der Waals surface area (Å²) in [6, 6.07) is 10.7. The van der Waals surface area contributed by atoms with Gasteiger partial charge in [0.1, 0.15) is 0 Å². The van der Waals surface area contributed by atoms with Crippen LogP contribution in [0, 0.1) is 13.8 Å². The minimum absolute atomic E-state index is 0.0708. The summed E-state index contributed by atoms with van der Waals surface area (Å²) in [7, 11) is -1.42. The summed E-state index contributed by atoms with van der Waals surface area (Å²) < 4.78 is 25.2. The molecule has 0 spiro atoms. The van der Waals surface area contributed by atoms with E-state index >= 15 is 0 Å². The Kier molecular flexibility index (Phi) is 6.32. The smallest absolute Gasteiger partial charge is 0.269 e. The molecule has 0 aliphatic heterocycles. The fourth-order valence-electron chi connectivity index (χ4n) is 2.37. The highest BCUT2D eigenvalue weighted by molar-refractivity contribution is 7.89. The molecule has 27 heavy (non-hydrogen) atoms. The van der Waals surface area contributed by atoms with Crippen molar-refractivity contribution < 1.29 is 22.8 Å². The van der Waals surface area contributed by atoms with E-state index in [0.29, 0.717) is 10.0 Å². The van der Waals surface area contributed by atoms with E-state index in [-0.39, 0.29) is 10.5 Å². The van der Waals surface area contributed by atoms with Crippen LogP contribution in [0.4, 0.5) is 0 Å². The van der Waals surface area contributed by atoms with E-state index in [4.69, 9.17) is 4.84 Å². The molecule has 2 aromatic rings. The molecule has 0 saturated heterocycles. The van der Waals surface area contributed by atoms with Crippen molar-refractivity contribution in [1.82, 2.24) is 15.3 Å². The summed E-state index contributed by atoms with van der Waals surface area (Å²) >= 11 is 0. The number of hydrazine groups is 1. The summed E-state index contributed by atoms with van der Waals surface area (Å²) in [4.78, 5) is 29.1. The predicted molar refractivity (Wildman–Crippen MR) is 99.2 cm³/mol. The van der Waals surface area contributed by atoms with E-state index in [1.54, 1.807) is 19.1 Å².